The van der Waals surface area contributed by atoms with Crippen LogP contribution in [0.2, 0.25) is 0 Å². The first-order valence-corrected chi connectivity index (χ1v) is 9.47. The molecule has 2 aromatic carbocycles. The monoisotopic (exact) mass is 380 g/mol. The van der Waals surface area contributed by atoms with Gasteiger partial charge >= 0.3 is 0 Å². The lowest BCUT2D eigenvalue weighted by molar-refractivity contribution is 0.620. The summed E-state index contributed by atoms with van der Waals surface area (Å²) in [5.74, 6) is -0.199. The molecule has 4 rings (SSSR count). The van der Waals surface area contributed by atoms with Gasteiger partial charge in [0, 0.05) is 27.1 Å². The Morgan fingerprint density at radius 3 is 2.15 bits per heavy atom. The lowest BCUT2D eigenvalue weighted by Gasteiger charge is -2.24. The van der Waals surface area contributed by atoms with Crippen molar-refractivity contribution >= 4 is 22.7 Å². The molecule has 2 heterocycles. The van der Waals surface area contributed by atoms with Gasteiger partial charge < -0.3 is 5.32 Å². The lowest BCUT2D eigenvalue weighted by atomic mass is 9.92. The highest BCUT2D eigenvalue weighted by atomic mass is 32.1. The minimum Gasteiger partial charge on any atom is -0.346 e. The van der Waals surface area contributed by atoms with Crippen molar-refractivity contribution in [3.8, 4) is 0 Å². The van der Waals surface area contributed by atoms with Gasteiger partial charge in [-0.05, 0) is 43.7 Å². The highest BCUT2D eigenvalue weighted by molar-refractivity contribution is 7.12. The van der Waals surface area contributed by atoms with Crippen LogP contribution < -0.4 is 5.32 Å². The summed E-state index contributed by atoms with van der Waals surface area (Å²) in [6.45, 7) is 4.07. The van der Waals surface area contributed by atoms with Gasteiger partial charge in [0.25, 0.3) is 0 Å². The van der Waals surface area contributed by atoms with Crippen LogP contribution in [0, 0.1) is 25.5 Å². The molecule has 1 unspecified atom stereocenters. The Hall–Kier alpha value is -2.79. The van der Waals surface area contributed by atoms with Crippen molar-refractivity contribution in [3.63, 3.8) is 0 Å². The Balaban J connectivity index is 1.86. The van der Waals surface area contributed by atoms with E-state index in [9.17, 15) is 8.78 Å². The molecule has 0 spiro atoms. The van der Waals surface area contributed by atoms with Gasteiger partial charge in [-0.1, -0.05) is 30.3 Å². The maximum Gasteiger partial charge on any atom is 0.136 e. The van der Waals surface area contributed by atoms with Crippen LogP contribution in [0.3, 0.4) is 0 Å². The summed E-state index contributed by atoms with van der Waals surface area (Å²) >= 11 is 1.68. The standard InChI is InChI=1S/C22H18F2N2S/c1-13-11-17(14(2)27-13)21-18(15-7-3-5-9-19(15)23)12-25-22(26-21)16-8-4-6-10-20(16)24/h3-12,21H,1-2H3,(H,25,26). The van der Waals surface area contributed by atoms with Crippen molar-refractivity contribution in [2.24, 2.45) is 4.99 Å². The number of hydrogen-bond acceptors (Lipinski definition) is 3. The van der Waals surface area contributed by atoms with Gasteiger partial charge in [0.1, 0.15) is 23.5 Å². The molecular weight excluding hydrogens is 362 g/mol. The molecule has 0 bridgehead atoms. The summed E-state index contributed by atoms with van der Waals surface area (Å²) in [6, 6.07) is 14.8. The molecule has 0 saturated heterocycles. The van der Waals surface area contributed by atoms with E-state index in [1.54, 1.807) is 53.9 Å². The van der Waals surface area contributed by atoms with Crippen molar-refractivity contribution in [3.05, 3.63) is 98.9 Å². The summed E-state index contributed by atoms with van der Waals surface area (Å²) in [6.07, 6.45) is 1.74. The number of aliphatic imine (C=N–C) groups is 1. The number of hydrogen-bond donors (Lipinski definition) is 1. The lowest BCUT2D eigenvalue weighted by Crippen LogP contribution is -2.26. The third-order valence-corrected chi connectivity index (χ3v) is 5.59. The van der Waals surface area contributed by atoms with Gasteiger partial charge in [-0.2, -0.15) is 0 Å². The van der Waals surface area contributed by atoms with Crippen LogP contribution in [0.1, 0.15) is 32.5 Å². The fourth-order valence-electron chi connectivity index (χ4n) is 3.34. The summed E-state index contributed by atoms with van der Waals surface area (Å²) in [4.78, 5) is 7.08. The van der Waals surface area contributed by atoms with Crippen LogP contribution in [-0.2, 0) is 0 Å². The molecule has 0 saturated carbocycles. The molecule has 0 fully saturated rings. The minimum absolute atomic E-state index is 0.301. The smallest absolute Gasteiger partial charge is 0.136 e. The highest BCUT2D eigenvalue weighted by Gasteiger charge is 2.27. The number of thiophene rings is 1. The zero-order chi connectivity index (χ0) is 19.0. The fraction of sp³-hybridized carbons (Fsp3) is 0.136. The highest BCUT2D eigenvalue weighted by Crippen LogP contribution is 2.40. The molecule has 0 amide bonds. The van der Waals surface area contributed by atoms with E-state index >= 15 is 0 Å². The van der Waals surface area contributed by atoms with Crippen LogP contribution in [-0.4, -0.2) is 5.84 Å². The molecule has 2 nitrogen and oxygen atoms in total. The maximum atomic E-state index is 14.5. The Kier molecular flexibility index (Phi) is 4.62. The second-order valence-electron chi connectivity index (χ2n) is 6.45. The van der Waals surface area contributed by atoms with Gasteiger partial charge in [0.05, 0.1) is 5.56 Å². The van der Waals surface area contributed by atoms with Crippen molar-refractivity contribution in [1.29, 1.82) is 0 Å². The van der Waals surface area contributed by atoms with Gasteiger partial charge in [-0.3, -0.25) is 4.99 Å². The Bertz CT molecular complexity index is 1070. The third-order valence-electron chi connectivity index (χ3n) is 4.60. The molecule has 1 aliphatic rings. The van der Waals surface area contributed by atoms with Crippen molar-refractivity contribution in [2.45, 2.75) is 19.9 Å². The Morgan fingerprint density at radius 1 is 0.926 bits per heavy atom. The third kappa shape index (κ3) is 3.30. The average molecular weight is 380 g/mol. The van der Waals surface area contributed by atoms with E-state index < -0.39 is 6.04 Å². The quantitative estimate of drug-likeness (QED) is 0.612. The van der Waals surface area contributed by atoms with E-state index in [0.717, 1.165) is 20.9 Å². The fourth-order valence-corrected chi connectivity index (χ4v) is 4.30. The van der Waals surface area contributed by atoms with Crippen LogP contribution in [0.15, 0.2) is 65.8 Å². The van der Waals surface area contributed by atoms with E-state index in [2.05, 4.69) is 11.4 Å². The molecule has 1 atom stereocenters. The first-order valence-electron chi connectivity index (χ1n) is 8.65. The molecular formula is C22H18F2N2S. The molecule has 1 aromatic heterocycles. The summed E-state index contributed by atoms with van der Waals surface area (Å²) in [5, 5.41) is 3.06. The number of aryl methyl sites for hydroxylation is 2. The SMILES string of the molecule is Cc1cc(C2N=C(c3ccccc3F)NC=C2c2ccccc2F)c(C)s1. The topological polar surface area (TPSA) is 24.4 Å². The molecule has 136 valence electrons. The molecule has 1 aliphatic heterocycles. The molecule has 1 N–H and O–H groups in total. The van der Waals surface area contributed by atoms with E-state index in [0.29, 0.717) is 17.0 Å². The second-order valence-corrected chi connectivity index (χ2v) is 7.91. The normalized spacial score (nSPS) is 16.5. The van der Waals surface area contributed by atoms with Crippen molar-refractivity contribution < 1.29 is 8.78 Å². The predicted octanol–water partition coefficient (Wildman–Crippen LogP) is 5.78. The predicted molar refractivity (Wildman–Crippen MR) is 107 cm³/mol. The molecule has 5 heteroatoms. The molecule has 3 aromatic rings. The van der Waals surface area contributed by atoms with Gasteiger partial charge in [0.15, 0.2) is 0 Å². The van der Waals surface area contributed by atoms with Crippen LogP contribution >= 0.6 is 11.3 Å². The summed E-state index contributed by atoms with van der Waals surface area (Å²) in [7, 11) is 0. The maximum absolute atomic E-state index is 14.5. The second kappa shape index (κ2) is 7.08. The zero-order valence-corrected chi connectivity index (χ0v) is 15.8. The number of amidine groups is 1. The van der Waals surface area contributed by atoms with E-state index in [4.69, 9.17) is 4.99 Å². The Morgan fingerprint density at radius 2 is 1.56 bits per heavy atom. The summed E-state index contributed by atoms with van der Waals surface area (Å²) in [5.41, 5.74) is 2.64. The minimum atomic E-state index is -0.400. The average Bonchev–Trinajstić information content (AvgIpc) is 3.00. The van der Waals surface area contributed by atoms with Crippen molar-refractivity contribution in [2.75, 3.05) is 0 Å². The number of benzene rings is 2. The number of nitrogens with one attached hydrogen (secondary N) is 1. The van der Waals surface area contributed by atoms with Gasteiger partial charge in [-0.15, -0.1) is 11.3 Å². The molecule has 0 aliphatic carbocycles. The van der Waals surface area contributed by atoms with Gasteiger partial charge in [-0.25, -0.2) is 8.78 Å². The molecule has 0 radical (unpaired) electrons. The largest absolute Gasteiger partial charge is 0.346 e. The van der Waals surface area contributed by atoms with E-state index in [1.165, 1.54) is 12.1 Å². The number of nitrogens with zero attached hydrogens (tertiary/aromatic N) is 1. The van der Waals surface area contributed by atoms with Crippen LogP contribution in [0.5, 0.6) is 0 Å². The number of rotatable bonds is 3. The van der Waals surface area contributed by atoms with Crippen molar-refractivity contribution in [1.82, 2.24) is 5.32 Å². The zero-order valence-electron chi connectivity index (χ0n) is 15.0. The first kappa shape index (κ1) is 17.6. The first-order chi connectivity index (χ1) is 13.0. The molecule has 27 heavy (non-hydrogen) atoms. The van der Waals surface area contributed by atoms with Crippen LogP contribution in [0.25, 0.3) is 5.57 Å². The van der Waals surface area contributed by atoms with Gasteiger partial charge in [0.2, 0.25) is 0 Å². The van der Waals surface area contributed by atoms with E-state index in [1.807, 2.05) is 13.8 Å². The van der Waals surface area contributed by atoms with Crippen LogP contribution in [0.4, 0.5) is 8.78 Å². The summed E-state index contributed by atoms with van der Waals surface area (Å²) < 4.78 is 28.8. The Labute approximate surface area is 160 Å². The number of halogens is 2. The van der Waals surface area contributed by atoms with E-state index in [-0.39, 0.29) is 11.6 Å².